The number of hydrogen-bond acceptors (Lipinski definition) is 3. The quantitative estimate of drug-likeness (QED) is 0.823. The van der Waals surface area contributed by atoms with E-state index in [0.717, 1.165) is 0 Å². The zero-order valence-electron chi connectivity index (χ0n) is 8.09. The number of halogens is 1. The Morgan fingerprint density at radius 2 is 2.06 bits per heavy atom. The number of hydrogen-bond donors (Lipinski definition) is 2. The third kappa shape index (κ3) is 3.78. The molecule has 0 saturated carbocycles. The molecule has 0 aliphatic heterocycles. The van der Waals surface area contributed by atoms with E-state index >= 15 is 0 Å². The van der Waals surface area contributed by atoms with Gasteiger partial charge in [0.15, 0.2) is 0 Å². The molecule has 0 fully saturated rings. The summed E-state index contributed by atoms with van der Waals surface area (Å²) in [5.41, 5.74) is 0. The Balaban J connectivity index is 2.75. The molecule has 0 heterocycles. The molecule has 16 heavy (non-hydrogen) atoms. The Morgan fingerprint density at radius 1 is 1.38 bits per heavy atom. The minimum atomic E-state index is -1.42. The lowest BCUT2D eigenvalue weighted by Gasteiger charge is -2.13. The molecule has 6 heteroatoms. The van der Waals surface area contributed by atoms with Crippen LogP contribution in [0, 0.1) is 0 Å². The predicted molar refractivity (Wildman–Crippen MR) is 55.8 cm³/mol. The zero-order chi connectivity index (χ0) is 12.1. The van der Waals surface area contributed by atoms with Crippen LogP contribution in [0.25, 0.3) is 0 Å². The predicted octanol–water partition coefficient (Wildman–Crippen LogP) is 1.65. The number of carboxylic acid groups (broad SMARTS) is 2. The molecular formula is C10H9ClO5. The summed E-state index contributed by atoms with van der Waals surface area (Å²) in [7, 11) is 0. The number of rotatable bonds is 5. The highest BCUT2D eigenvalue weighted by atomic mass is 35.5. The van der Waals surface area contributed by atoms with Crippen molar-refractivity contribution in [2.75, 3.05) is 0 Å². The van der Waals surface area contributed by atoms with Crippen LogP contribution in [0.1, 0.15) is 6.42 Å². The fourth-order valence-corrected chi connectivity index (χ4v) is 1.22. The van der Waals surface area contributed by atoms with Crippen LogP contribution in [-0.4, -0.2) is 28.3 Å². The van der Waals surface area contributed by atoms with Gasteiger partial charge in [0, 0.05) is 5.02 Å². The summed E-state index contributed by atoms with van der Waals surface area (Å²) in [5, 5.41) is 17.6. The maximum absolute atomic E-state index is 10.7. The molecule has 0 radical (unpaired) electrons. The molecule has 0 bridgehead atoms. The molecule has 1 unspecified atom stereocenters. The highest BCUT2D eigenvalue weighted by Crippen LogP contribution is 2.19. The van der Waals surface area contributed by atoms with Gasteiger partial charge in [0.05, 0.1) is 6.42 Å². The van der Waals surface area contributed by atoms with Gasteiger partial charge in [-0.3, -0.25) is 4.79 Å². The van der Waals surface area contributed by atoms with Gasteiger partial charge >= 0.3 is 11.9 Å². The van der Waals surface area contributed by atoms with Crippen molar-refractivity contribution in [3.8, 4) is 5.75 Å². The molecule has 0 aliphatic rings. The second kappa shape index (κ2) is 5.37. The van der Waals surface area contributed by atoms with Gasteiger partial charge in [-0.1, -0.05) is 17.7 Å². The van der Waals surface area contributed by atoms with E-state index in [4.69, 9.17) is 26.6 Å². The SMILES string of the molecule is O=C(O)CC(Oc1cccc(Cl)c1)C(=O)O. The molecule has 1 rings (SSSR count). The van der Waals surface area contributed by atoms with Crippen LogP contribution in [0.2, 0.25) is 5.02 Å². The van der Waals surface area contributed by atoms with E-state index in [1.807, 2.05) is 0 Å². The van der Waals surface area contributed by atoms with Crippen molar-refractivity contribution >= 4 is 23.5 Å². The van der Waals surface area contributed by atoms with Gasteiger partial charge in [-0.2, -0.15) is 0 Å². The fourth-order valence-electron chi connectivity index (χ4n) is 1.04. The lowest BCUT2D eigenvalue weighted by atomic mass is 10.2. The van der Waals surface area contributed by atoms with E-state index in [9.17, 15) is 9.59 Å². The largest absolute Gasteiger partial charge is 0.481 e. The second-order valence-corrected chi connectivity index (χ2v) is 3.44. The first-order valence-electron chi connectivity index (χ1n) is 4.36. The van der Waals surface area contributed by atoms with E-state index in [2.05, 4.69) is 0 Å². The Labute approximate surface area is 96.2 Å². The van der Waals surface area contributed by atoms with Crippen molar-refractivity contribution in [3.63, 3.8) is 0 Å². The van der Waals surface area contributed by atoms with Crippen LogP contribution in [0.15, 0.2) is 24.3 Å². The highest BCUT2D eigenvalue weighted by molar-refractivity contribution is 6.30. The van der Waals surface area contributed by atoms with E-state index in [1.54, 1.807) is 12.1 Å². The Kier molecular flexibility index (Phi) is 4.13. The van der Waals surface area contributed by atoms with E-state index < -0.39 is 24.5 Å². The van der Waals surface area contributed by atoms with Crippen LogP contribution in [0.3, 0.4) is 0 Å². The van der Waals surface area contributed by atoms with Crippen LogP contribution < -0.4 is 4.74 Å². The van der Waals surface area contributed by atoms with Crippen LogP contribution in [-0.2, 0) is 9.59 Å². The Morgan fingerprint density at radius 3 is 2.56 bits per heavy atom. The molecule has 0 saturated heterocycles. The third-order valence-corrected chi connectivity index (χ3v) is 1.94. The number of carboxylic acids is 2. The van der Waals surface area contributed by atoms with Crippen molar-refractivity contribution in [2.24, 2.45) is 0 Å². The van der Waals surface area contributed by atoms with Gasteiger partial charge < -0.3 is 14.9 Å². The van der Waals surface area contributed by atoms with Gasteiger partial charge in [0.25, 0.3) is 0 Å². The first kappa shape index (κ1) is 12.3. The molecule has 5 nitrogen and oxygen atoms in total. The van der Waals surface area contributed by atoms with Crippen molar-refractivity contribution < 1.29 is 24.5 Å². The first-order valence-corrected chi connectivity index (χ1v) is 4.73. The first-order chi connectivity index (χ1) is 7.49. The molecule has 0 spiro atoms. The van der Waals surface area contributed by atoms with Crippen LogP contribution in [0.4, 0.5) is 0 Å². The summed E-state index contributed by atoms with van der Waals surface area (Å²) >= 11 is 5.67. The van der Waals surface area contributed by atoms with Gasteiger partial charge in [-0.05, 0) is 18.2 Å². The molecule has 1 aromatic rings. The van der Waals surface area contributed by atoms with E-state index in [1.165, 1.54) is 12.1 Å². The van der Waals surface area contributed by atoms with Crippen molar-refractivity contribution in [2.45, 2.75) is 12.5 Å². The van der Waals surface area contributed by atoms with Crippen LogP contribution in [0.5, 0.6) is 5.75 Å². The van der Waals surface area contributed by atoms with E-state index in [-0.39, 0.29) is 5.75 Å². The second-order valence-electron chi connectivity index (χ2n) is 3.00. The Hall–Kier alpha value is -1.75. The third-order valence-electron chi connectivity index (χ3n) is 1.71. The van der Waals surface area contributed by atoms with Crippen LogP contribution >= 0.6 is 11.6 Å². The molecule has 86 valence electrons. The number of ether oxygens (including phenoxy) is 1. The lowest BCUT2D eigenvalue weighted by Crippen LogP contribution is -2.29. The monoisotopic (exact) mass is 244 g/mol. The summed E-state index contributed by atoms with van der Waals surface area (Å²) in [5.74, 6) is -2.35. The topological polar surface area (TPSA) is 83.8 Å². The average molecular weight is 245 g/mol. The smallest absolute Gasteiger partial charge is 0.345 e. The average Bonchev–Trinajstić information content (AvgIpc) is 2.15. The van der Waals surface area contributed by atoms with Crippen molar-refractivity contribution in [1.29, 1.82) is 0 Å². The minimum Gasteiger partial charge on any atom is -0.481 e. The van der Waals surface area contributed by atoms with Gasteiger partial charge in [-0.15, -0.1) is 0 Å². The highest BCUT2D eigenvalue weighted by Gasteiger charge is 2.22. The summed E-state index contributed by atoms with van der Waals surface area (Å²) in [6.45, 7) is 0. The molecule has 1 atom stereocenters. The number of aliphatic carboxylic acids is 2. The zero-order valence-corrected chi connectivity index (χ0v) is 8.85. The van der Waals surface area contributed by atoms with Gasteiger partial charge in [0.2, 0.25) is 6.10 Å². The molecule has 0 amide bonds. The standard InChI is InChI=1S/C10H9ClO5/c11-6-2-1-3-7(4-6)16-8(10(14)15)5-9(12)13/h1-4,8H,5H2,(H,12,13)(H,14,15). The van der Waals surface area contributed by atoms with E-state index in [0.29, 0.717) is 5.02 Å². The lowest BCUT2D eigenvalue weighted by molar-refractivity contribution is -0.151. The maximum atomic E-state index is 10.7. The number of carbonyl (C=O) groups is 2. The molecular weight excluding hydrogens is 236 g/mol. The normalized spacial score (nSPS) is 11.8. The summed E-state index contributed by atoms with van der Waals surface area (Å²) in [4.78, 5) is 21.1. The minimum absolute atomic E-state index is 0.223. The maximum Gasteiger partial charge on any atom is 0.345 e. The van der Waals surface area contributed by atoms with Gasteiger partial charge in [-0.25, -0.2) is 4.79 Å². The summed E-state index contributed by atoms with van der Waals surface area (Å²) in [6.07, 6.45) is -2.03. The molecule has 1 aromatic carbocycles. The molecule has 2 N–H and O–H groups in total. The molecule has 0 aromatic heterocycles. The summed E-state index contributed by atoms with van der Waals surface area (Å²) < 4.78 is 5.00. The van der Waals surface area contributed by atoms with Crippen molar-refractivity contribution in [3.05, 3.63) is 29.3 Å². The number of benzene rings is 1. The van der Waals surface area contributed by atoms with Crippen molar-refractivity contribution in [1.82, 2.24) is 0 Å². The molecule has 0 aliphatic carbocycles. The van der Waals surface area contributed by atoms with Gasteiger partial charge in [0.1, 0.15) is 5.75 Å². The Bertz CT molecular complexity index is 404. The fraction of sp³-hybridized carbons (Fsp3) is 0.200. The summed E-state index contributed by atoms with van der Waals surface area (Å²) in [6, 6.07) is 6.10.